The van der Waals surface area contributed by atoms with Crippen molar-refractivity contribution in [2.24, 2.45) is 0 Å². The van der Waals surface area contributed by atoms with Crippen LogP contribution >= 0.6 is 15.9 Å². The summed E-state index contributed by atoms with van der Waals surface area (Å²) >= 11 is 3.56. The average molecular weight is 556 g/mol. The number of hydrogen-bond donors (Lipinski definition) is 1. The number of aryl methyl sites for hydroxylation is 1. The second-order valence-corrected chi connectivity index (χ2v) is 11.5. The van der Waals surface area contributed by atoms with Gasteiger partial charge in [0.25, 0.3) is 0 Å². The number of halogens is 1. The normalized spacial score (nSPS) is 15.5. The predicted octanol–water partition coefficient (Wildman–Crippen LogP) is 4.63. The third-order valence-corrected chi connectivity index (χ3v) is 8.96. The quantitative estimate of drug-likeness (QED) is 0.358. The highest BCUT2D eigenvalue weighted by Gasteiger charge is 2.31. The zero-order valence-electron chi connectivity index (χ0n) is 19.4. The minimum absolute atomic E-state index is 0.162. The molecule has 0 radical (unpaired) electrons. The molecule has 0 saturated carbocycles. The van der Waals surface area contributed by atoms with E-state index in [2.05, 4.69) is 38.3 Å². The van der Waals surface area contributed by atoms with Crippen LogP contribution in [0.2, 0.25) is 0 Å². The molecule has 0 aliphatic carbocycles. The van der Waals surface area contributed by atoms with E-state index in [1.54, 1.807) is 33.3 Å². The summed E-state index contributed by atoms with van der Waals surface area (Å²) in [7, 11) is -3.50. The Labute approximate surface area is 213 Å². The van der Waals surface area contributed by atoms with Gasteiger partial charge in [0.1, 0.15) is 5.82 Å². The first-order valence-electron chi connectivity index (χ1n) is 11.7. The standard InChI is InChI=1S/C25H27BrN6O2S/c1-2-18-5-7-21(8-6-18)35(33,34)31-12-9-20(10-13-31)23-14-24(28-16-19-4-3-11-27-15-19)32-25(30-23)22(26)17-29-32/h3-8,11,14-15,17,20,28H,2,9-10,12-13,16H2,1H3. The van der Waals surface area contributed by atoms with Gasteiger partial charge in [-0.3, -0.25) is 4.98 Å². The molecule has 0 bridgehead atoms. The van der Waals surface area contributed by atoms with Crippen molar-refractivity contribution in [2.75, 3.05) is 18.4 Å². The number of hydrogen-bond acceptors (Lipinski definition) is 6. The van der Waals surface area contributed by atoms with Crippen molar-refractivity contribution in [2.45, 2.75) is 43.5 Å². The molecule has 1 aromatic carbocycles. The maximum Gasteiger partial charge on any atom is 0.243 e. The van der Waals surface area contributed by atoms with E-state index < -0.39 is 10.0 Å². The molecule has 1 saturated heterocycles. The summed E-state index contributed by atoms with van der Waals surface area (Å²) in [6.45, 7) is 3.60. The number of anilines is 1. The van der Waals surface area contributed by atoms with E-state index in [4.69, 9.17) is 4.98 Å². The predicted molar refractivity (Wildman–Crippen MR) is 139 cm³/mol. The summed E-state index contributed by atoms with van der Waals surface area (Å²) in [5.41, 5.74) is 3.87. The van der Waals surface area contributed by atoms with Crippen LogP contribution in [0.15, 0.2) is 70.4 Å². The molecule has 4 heterocycles. The summed E-state index contributed by atoms with van der Waals surface area (Å²) in [6, 6.07) is 13.2. The third kappa shape index (κ3) is 4.96. The lowest BCUT2D eigenvalue weighted by Crippen LogP contribution is -2.38. The van der Waals surface area contributed by atoms with Gasteiger partial charge < -0.3 is 5.32 Å². The molecule has 5 rings (SSSR count). The molecule has 1 aliphatic heterocycles. The first kappa shape index (κ1) is 23.9. The number of nitrogens with zero attached hydrogens (tertiary/aromatic N) is 5. The minimum Gasteiger partial charge on any atom is -0.366 e. The molecule has 1 N–H and O–H groups in total. The number of rotatable bonds is 7. The average Bonchev–Trinajstić information content (AvgIpc) is 3.28. The third-order valence-electron chi connectivity index (χ3n) is 6.49. The molecule has 4 aromatic rings. The van der Waals surface area contributed by atoms with Crippen molar-refractivity contribution in [3.05, 3.63) is 82.3 Å². The molecule has 35 heavy (non-hydrogen) atoms. The Morgan fingerprint density at radius 2 is 1.86 bits per heavy atom. The van der Waals surface area contributed by atoms with E-state index in [1.165, 1.54) is 0 Å². The largest absolute Gasteiger partial charge is 0.366 e. The molecule has 8 nitrogen and oxygen atoms in total. The van der Waals surface area contributed by atoms with Crippen LogP contribution in [-0.2, 0) is 23.0 Å². The van der Waals surface area contributed by atoms with Crippen LogP contribution in [0.1, 0.15) is 42.5 Å². The summed E-state index contributed by atoms with van der Waals surface area (Å²) in [5.74, 6) is 1.00. The highest BCUT2D eigenvalue weighted by atomic mass is 79.9. The van der Waals surface area contributed by atoms with Crippen molar-refractivity contribution in [1.29, 1.82) is 0 Å². The maximum atomic E-state index is 13.2. The molecule has 1 fully saturated rings. The fraction of sp³-hybridized carbons (Fsp3) is 0.320. The molecule has 10 heteroatoms. The van der Waals surface area contributed by atoms with Crippen LogP contribution < -0.4 is 5.32 Å². The Morgan fingerprint density at radius 1 is 1.09 bits per heavy atom. The van der Waals surface area contributed by atoms with Crippen LogP contribution in [0.25, 0.3) is 5.65 Å². The van der Waals surface area contributed by atoms with E-state index in [9.17, 15) is 8.42 Å². The number of fused-ring (bicyclic) bond motifs is 1. The van der Waals surface area contributed by atoms with Gasteiger partial charge in [-0.25, -0.2) is 13.4 Å². The molecular weight excluding hydrogens is 528 g/mol. The van der Waals surface area contributed by atoms with Gasteiger partial charge in [-0.15, -0.1) is 0 Å². The van der Waals surface area contributed by atoms with Gasteiger partial charge >= 0.3 is 0 Å². The Hall–Kier alpha value is -2.82. The molecule has 3 aromatic heterocycles. The molecule has 0 unspecified atom stereocenters. The number of sulfonamides is 1. The SMILES string of the molecule is CCc1ccc(S(=O)(=O)N2CCC(c3cc(NCc4cccnc4)n4ncc(Br)c4n3)CC2)cc1. The van der Waals surface area contributed by atoms with Crippen LogP contribution in [0.5, 0.6) is 0 Å². The number of nitrogens with one attached hydrogen (secondary N) is 1. The smallest absolute Gasteiger partial charge is 0.243 e. The van der Waals surface area contributed by atoms with Crippen molar-refractivity contribution < 1.29 is 8.42 Å². The fourth-order valence-corrected chi connectivity index (χ4v) is 6.24. The zero-order valence-corrected chi connectivity index (χ0v) is 21.8. The summed E-state index contributed by atoms with van der Waals surface area (Å²) in [4.78, 5) is 9.41. The van der Waals surface area contributed by atoms with Gasteiger partial charge in [-0.1, -0.05) is 25.1 Å². The van der Waals surface area contributed by atoms with Crippen molar-refractivity contribution in [1.82, 2.24) is 23.9 Å². The van der Waals surface area contributed by atoms with E-state index in [-0.39, 0.29) is 5.92 Å². The van der Waals surface area contributed by atoms with Crippen LogP contribution in [0, 0.1) is 0 Å². The number of piperidine rings is 1. The summed E-state index contributed by atoms with van der Waals surface area (Å²) < 4.78 is 30.5. The van der Waals surface area contributed by atoms with Crippen LogP contribution in [-0.4, -0.2) is 45.4 Å². The zero-order chi connectivity index (χ0) is 24.4. The molecule has 0 amide bonds. The molecule has 0 atom stereocenters. The van der Waals surface area contributed by atoms with Gasteiger partial charge in [0.2, 0.25) is 10.0 Å². The maximum absolute atomic E-state index is 13.2. The lowest BCUT2D eigenvalue weighted by Gasteiger charge is -2.31. The number of aromatic nitrogens is 4. The number of pyridine rings is 1. The van der Waals surface area contributed by atoms with E-state index in [0.717, 1.165) is 39.2 Å². The van der Waals surface area contributed by atoms with Crippen molar-refractivity contribution in [3.63, 3.8) is 0 Å². The first-order valence-corrected chi connectivity index (χ1v) is 13.9. The van der Waals surface area contributed by atoms with Crippen molar-refractivity contribution >= 4 is 37.4 Å². The number of benzene rings is 1. The lowest BCUT2D eigenvalue weighted by molar-refractivity contribution is 0.317. The second-order valence-electron chi connectivity index (χ2n) is 8.68. The highest BCUT2D eigenvalue weighted by molar-refractivity contribution is 9.10. The van der Waals surface area contributed by atoms with Gasteiger partial charge in [-0.2, -0.15) is 13.9 Å². The van der Waals surface area contributed by atoms with Crippen LogP contribution in [0.3, 0.4) is 0 Å². The molecule has 182 valence electrons. The molecule has 0 spiro atoms. The van der Waals surface area contributed by atoms with E-state index >= 15 is 0 Å². The van der Waals surface area contributed by atoms with Gasteiger partial charge in [0, 0.05) is 49.7 Å². The Morgan fingerprint density at radius 3 is 2.54 bits per heavy atom. The van der Waals surface area contributed by atoms with Gasteiger partial charge in [-0.05, 0) is 64.5 Å². The second kappa shape index (κ2) is 10.0. The van der Waals surface area contributed by atoms with Crippen LogP contribution in [0.4, 0.5) is 5.82 Å². The first-order chi connectivity index (χ1) is 17.0. The summed E-state index contributed by atoms with van der Waals surface area (Å²) in [6.07, 6.45) is 7.63. The van der Waals surface area contributed by atoms with E-state index in [0.29, 0.717) is 37.4 Å². The Balaban J connectivity index is 1.34. The topological polar surface area (TPSA) is 92.5 Å². The fourth-order valence-electron chi connectivity index (χ4n) is 4.42. The van der Waals surface area contributed by atoms with Gasteiger partial charge in [0.05, 0.1) is 15.6 Å². The van der Waals surface area contributed by atoms with Crippen molar-refractivity contribution in [3.8, 4) is 0 Å². The Bertz CT molecular complexity index is 1420. The molecule has 1 aliphatic rings. The highest BCUT2D eigenvalue weighted by Crippen LogP contribution is 2.32. The lowest BCUT2D eigenvalue weighted by atomic mass is 9.94. The Kier molecular flexibility index (Phi) is 6.86. The van der Waals surface area contributed by atoms with E-state index in [1.807, 2.05) is 36.5 Å². The monoisotopic (exact) mass is 554 g/mol. The molecular formula is C25H27BrN6O2S. The van der Waals surface area contributed by atoms with Gasteiger partial charge in [0.15, 0.2) is 5.65 Å². The minimum atomic E-state index is -3.50. The summed E-state index contributed by atoms with van der Waals surface area (Å²) in [5, 5.41) is 7.90.